The largest absolute Gasteiger partial charge is 0.339 e. The summed E-state index contributed by atoms with van der Waals surface area (Å²) in [6.07, 6.45) is 3.65. The van der Waals surface area contributed by atoms with Crippen molar-refractivity contribution in [3.05, 3.63) is 41.8 Å². The van der Waals surface area contributed by atoms with Gasteiger partial charge in [0.15, 0.2) is 5.82 Å². The molecule has 0 aliphatic carbocycles. The zero-order valence-corrected chi connectivity index (χ0v) is 9.71. The highest BCUT2D eigenvalue weighted by Gasteiger charge is 2.31. The zero-order chi connectivity index (χ0) is 11.7. The fourth-order valence-electron chi connectivity index (χ4n) is 2.08. The Morgan fingerprint density at radius 1 is 1.35 bits per heavy atom. The predicted molar refractivity (Wildman–Crippen MR) is 61.3 cm³/mol. The van der Waals surface area contributed by atoms with Gasteiger partial charge in [0.2, 0.25) is 5.89 Å². The Balaban J connectivity index is 1.55. The molecule has 0 aromatic carbocycles. The van der Waals surface area contributed by atoms with Crippen LogP contribution in [0, 0.1) is 6.92 Å². The molecule has 0 saturated carbocycles. The van der Waals surface area contributed by atoms with Crippen molar-refractivity contribution in [3.8, 4) is 0 Å². The van der Waals surface area contributed by atoms with Crippen LogP contribution in [-0.2, 0) is 6.54 Å². The number of aryl methyl sites for hydroxylation is 1. The van der Waals surface area contributed by atoms with Crippen molar-refractivity contribution in [3.63, 3.8) is 0 Å². The van der Waals surface area contributed by atoms with Gasteiger partial charge in [-0.2, -0.15) is 4.98 Å². The number of aromatic nitrogens is 3. The van der Waals surface area contributed by atoms with Gasteiger partial charge in [-0.1, -0.05) is 5.16 Å². The van der Waals surface area contributed by atoms with E-state index in [-0.39, 0.29) is 0 Å². The highest BCUT2D eigenvalue weighted by Crippen LogP contribution is 2.26. The van der Waals surface area contributed by atoms with Crippen LogP contribution in [0.15, 0.2) is 29.0 Å². The lowest BCUT2D eigenvalue weighted by atomic mass is 9.99. The minimum absolute atomic E-state index is 0.401. The van der Waals surface area contributed by atoms with Crippen LogP contribution < -0.4 is 0 Å². The van der Waals surface area contributed by atoms with Crippen LogP contribution in [0.2, 0.25) is 0 Å². The topological polar surface area (TPSA) is 55.1 Å². The molecule has 1 fully saturated rings. The smallest absolute Gasteiger partial charge is 0.232 e. The summed E-state index contributed by atoms with van der Waals surface area (Å²) in [5.74, 6) is 1.89. The summed E-state index contributed by atoms with van der Waals surface area (Å²) in [5, 5.41) is 3.82. The Kier molecular flexibility index (Phi) is 2.60. The van der Waals surface area contributed by atoms with Gasteiger partial charge in [0.1, 0.15) is 0 Å². The molecule has 1 aliphatic heterocycles. The Morgan fingerprint density at radius 3 is 2.76 bits per heavy atom. The van der Waals surface area contributed by atoms with Crippen molar-refractivity contribution in [2.45, 2.75) is 19.4 Å². The number of pyridine rings is 1. The number of likely N-dealkylation sites (tertiary alicyclic amines) is 1. The molecule has 0 unspecified atom stereocenters. The molecule has 2 aromatic heterocycles. The van der Waals surface area contributed by atoms with Crippen LogP contribution in [0.5, 0.6) is 0 Å². The molecule has 0 radical (unpaired) electrons. The fourth-order valence-corrected chi connectivity index (χ4v) is 2.08. The monoisotopic (exact) mass is 230 g/mol. The van der Waals surface area contributed by atoms with Gasteiger partial charge in [0, 0.05) is 32.0 Å². The lowest BCUT2D eigenvalue weighted by Crippen LogP contribution is -2.44. The maximum absolute atomic E-state index is 5.17. The third kappa shape index (κ3) is 2.19. The Hall–Kier alpha value is -1.75. The molecule has 1 aliphatic rings. The molecule has 5 heteroatoms. The van der Waals surface area contributed by atoms with Gasteiger partial charge in [-0.15, -0.1) is 0 Å². The minimum atomic E-state index is 0.401. The van der Waals surface area contributed by atoms with E-state index in [0.29, 0.717) is 11.7 Å². The Morgan fingerprint density at radius 2 is 2.12 bits per heavy atom. The highest BCUT2D eigenvalue weighted by molar-refractivity contribution is 5.11. The van der Waals surface area contributed by atoms with Crippen LogP contribution in [0.3, 0.4) is 0 Å². The molecule has 0 amide bonds. The SMILES string of the molecule is Cc1noc(C2CN(Cc3ccncc3)C2)n1. The molecule has 0 bridgehead atoms. The van der Waals surface area contributed by atoms with Gasteiger partial charge in [-0.3, -0.25) is 9.88 Å². The quantitative estimate of drug-likeness (QED) is 0.797. The van der Waals surface area contributed by atoms with E-state index in [1.807, 2.05) is 31.5 Å². The maximum atomic E-state index is 5.17. The summed E-state index contributed by atoms with van der Waals surface area (Å²) < 4.78 is 5.17. The van der Waals surface area contributed by atoms with E-state index >= 15 is 0 Å². The number of hydrogen-bond donors (Lipinski definition) is 0. The maximum Gasteiger partial charge on any atom is 0.232 e. The normalized spacial score (nSPS) is 17.0. The van der Waals surface area contributed by atoms with E-state index in [0.717, 1.165) is 25.5 Å². The molecule has 17 heavy (non-hydrogen) atoms. The number of rotatable bonds is 3. The van der Waals surface area contributed by atoms with Gasteiger partial charge in [-0.05, 0) is 24.6 Å². The lowest BCUT2D eigenvalue weighted by Gasteiger charge is -2.37. The summed E-state index contributed by atoms with van der Waals surface area (Å²) >= 11 is 0. The highest BCUT2D eigenvalue weighted by atomic mass is 16.5. The summed E-state index contributed by atoms with van der Waals surface area (Å²) in [6.45, 7) is 4.79. The second-order valence-electron chi connectivity index (χ2n) is 4.43. The van der Waals surface area contributed by atoms with Crippen molar-refractivity contribution in [2.75, 3.05) is 13.1 Å². The van der Waals surface area contributed by atoms with Crippen LogP contribution in [0.1, 0.15) is 23.2 Å². The molecular formula is C12H14N4O. The molecular weight excluding hydrogens is 216 g/mol. The second kappa shape index (κ2) is 4.25. The third-order valence-electron chi connectivity index (χ3n) is 3.01. The van der Waals surface area contributed by atoms with Crippen molar-refractivity contribution in [2.24, 2.45) is 0 Å². The Labute approximate surface area is 99.5 Å². The molecule has 0 spiro atoms. The average Bonchev–Trinajstić information content (AvgIpc) is 2.71. The van der Waals surface area contributed by atoms with E-state index in [2.05, 4.69) is 20.0 Å². The van der Waals surface area contributed by atoms with Crippen LogP contribution in [0.4, 0.5) is 0 Å². The molecule has 1 saturated heterocycles. The van der Waals surface area contributed by atoms with Gasteiger partial charge in [0.25, 0.3) is 0 Å². The fraction of sp³-hybridized carbons (Fsp3) is 0.417. The van der Waals surface area contributed by atoms with E-state index in [1.165, 1.54) is 5.56 Å². The first-order valence-electron chi connectivity index (χ1n) is 5.73. The van der Waals surface area contributed by atoms with E-state index in [9.17, 15) is 0 Å². The minimum Gasteiger partial charge on any atom is -0.339 e. The lowest BCUT2D eigenvalue weighted by molar-refractivity contribution is 0.117. The van der Waals surface area contributed by atoms with Gasteiger partial charge >= 0.3 is 0 Å². The first-order chi connectivity index (χ1) is 8.31. The van der Waals surface area contributed by atoms with E-state index in [4.69, 9.17) is 4.52 Å². The van der Waals surface area contributed by atoms with Gasteiger partial charge < -0.3 is 4.52 Å². The van der Waals surface area contributed by atoms with Gasteiger partial charge in [0.05, 0.1) is 5.92 Å². The summed E-state index contributed by atoms with van der Waals surface area (Å²) in [5.41, 5.74) is 1.29. The molecule has 3 heterocycles. The van der Waals surface area contributed by atoms with Crippen molar-refractivity contribution >= 4 is 0 Å². The van der Waals surface area contributed by atoms with Gasteiger partial charge in [-0.25, -0.2) is 0 Å². The second-order valence-corrected chi connectivity index (χ2v) is 4.43. The Bertz CT molecular complexity index is 490. The first-order valence-corrected chi connectivity index (χ1v) is 5.73. The standard InChI is InChI=1S/C12H14N4O/c1-9-14-12(17-15-9)11-7-16(8-11)6-10-2-4-13-5-3-10/h2-5,11H,6-8H2,1H3. The average molecular weight is 230 g/mol. The molecule has 5 nitrogen and oxygen atoms in total. The summed E-state index contributed by atoms with van der Waals surface area (Å²) in [7, 11) is 0. The van der Waals surface area contributed by atoms with Crippen LogP contribution in [-0.4, -0.2) is 33.1 Å². The number of nitrogens with zero attached hydrogens (tertiary/aromatic N) is 4. The van der Waals surface area contributed by atoms with Crippen molar-refractivity contribution < 1.29 is 4.52 Å². The van der Waals surface area contributed by atoms with Crippen molar-refractivity contribution in [1.82, 2.24) is 20.0 Å². The van der Waals surface area contributed by atoms with Crippen molar-refractivity contribution in [1.29, 1.82) is 0 Å². The van der Waals surface area contributed by atoms with Crippen LogP contribution >= 0.6 is 0 Å². The summed E-state index contributed by atoms with van der Waals surface area (Å²) in [6, 6.07) is 4.09. The molecule has 2 aromatic rings. The summed E-state index contributed by atoms with van der Waals surface area (Å²) in [4.78, 5) is 10.6. The van der Waals surface area contributed by atoms with E-state index in [1.54, 1.807) is 0 Å². The third-order valence-corrected chi connectivity index (χ3v) is 3.01. The molecule has 0 N–H and O–H groups in total. The molecule has 0 atom stereocenters. The molecule has 3 rings (SSSR count). The number of hydrogen-bond acceptors (Lipinski definition) is 5. The van der Waals surface area contributed by atoms with E-state index < -0.39 is 0 Å². The first kappa shape index (κ1) is 10.4. The molecule has 88 valence electrons. The van der Waals surface area contributed by atoms with Crippen LogP contribution in [0.25, 0.3) is 0 Å². The predicted octanol–water partition coefficient (Wildman–Crippen LogP) is 1.37. The zero-order valence-electron chi connectivity index (χ0n) is 9.71.